The molecule has 0 spiro atoms. The molecule has 2 rings (SSSR count). The van der Waals surface area contributed by atoms with Gasteiger partial charge in [-0.3, -0.25) is 10.1 Å². The van der Waals surface area contributed by atoms with Crippen LogP contribution in [0.2, 0.25) is 5.02 Å². The zero-order valence-corrected chi connectivity index (χ0v) is 13.7. The molecule has 0 heterocycles. The van der Waals surface area contributed by atoms with E-state index in [1.807, 2.05) is 12.1 Å². The number of nitrogens with one attached hydrogen (secondary N) is 1. The van der Waals surface area contributed by atoms with Gasteiger partial charge in [0.25, 0.3) is 0 Å². The van der Waals surface area contributed by atoms with E-state index in [9.17, 15) is 9.18 Å². The highest BCUT2D eigenvalue weighted by atomic mass is 35.5. The van der Waals surface area contributed by atoms with Crippen LogP contribution in [0, 0.1) is 5.82 Å². The van der Waals surface area contributed by atoms with Gasteiger partial charge in [0, 0.05) is 11.6 Å². The maximum Gasteiger partial charge on any atom is 0.237 e. The van der Waals surface area contributed by atoms with E-state index in [1.165, 1.54) is 12.1 Å². The van der Waals surface area contributed by atoms with Crippen LogP contribution in [0.25, 0.3) is 0 Å². The molecule has 6 heteroatoms. The van der Waals surface area contributed by atoms with E-state index >= 15 is 0 Å². The topological polar surface area (TPSA) is 64.3 Å². The first-order valence-corrected chi connectivity index (χ1v) is 7.42. The summed E-state index contributed by atoms with van der Waals surface area (Å²) in [6, 6.07) is 11.3. The molecule has 0 aromatic heterocycles. The van der Waals surface area contributed by atoms with Crippen molar-refractivity contribution in [3.8, 4) is 11.5 Å². The van der Waals surface area contributed by atoms with Crippen molar-refractivity contribution < 1.29 is 13.9 Å². The van der Waals surface area contributed by atoms with Crippen LogP contribution in [0.15, 0.2) is 42.5 Å². The molecule has 0 aliphatic rings. The maximum absolute atomic E-state index is 13.7. The van der Waals surface area contributed by atoms with Crippen LogP contribution in [0.3, 0.4) is 0 Å². The van der Waals surface area contributed by atoms with Crippen molar-refractivity contribution in [1.29, 1.82) is 0 Å². The summed E-state index contributed by atoms with van der Waals surface area (Å²) < 4.78 is 19.2. The third kappa shape index (κ3) is 4.68. The van der Waals surface area contributed by atoms with Crippen LogP contribution >= 0.6 is 11.6 Å². The van der Waals surface area contributed by atoms with Crippen LogP contribution in [0.1, 0.15) is 19.4 Å². The zero-order valence-electron chi connectivity index (χ0n) is 12.9. The van der Waals surface area contributed by atoms with Crippen molar-refractivity contribution in [2.45, 2.75) is 25.9 Å². The predicted molar refractivity (Wildman–Crippen MR) is 88.0 cm³/mol. The van der Waals surface area contributed by atoms with Crippen molar-refractivity contribution in [2.24, 2.45) is 5.73 Å². The fourth-order valence-electron chi connectivity index (χ4n) is 1.77. The van der Waals surface area contributed by atoms with Gasteiger partial charge in [0.15, 0.2) is 11.6 Å². The molecule has 0 fully saturated rings. The molecular formula is C17H18ClFN2O2. The Hall–Kier alpha value is -2.11. The van der Waals surface area contributed by atoms with Crippen molar-refractivity contribution in [3.05, 3.63) is 58.9 Å². The van der Waals surface area contributed by atoms with E-state index < -0.39 is 17.3 Å². The van der Waals surface area contributed by atoms with Crippen LogP contribution in [-0.4, -0.2) is 11.4 Å². The largest absolute Gasteiger partial charge is 0.454 e. The molecule has 0 saturated carbocycles. The van der Waals surface area contributed by atoms with Crippen molar-refractivity contribution in [2.75, 3.05) is 0 Å². The Morgan fingerprint density at radius 3 is 2.48 bits per heavy atom. The van der Waals surface area contributed by atoms with E-state index in [4.69, 9.17) is 22.1 Å². The van der Waals surface area contributed by atoms with Gasteiger partial charge in [-0.05, 0) is 49.7 Å². The minimum atomic E-state index is -0.790. The lowest BCUT2D eigenvalue weighted by atomic mass is 10.0. The van der Waals surface area contributed by atoms with Gasteiger partial charge in [0.05, 0.1) is 5.54 Å². The smallest absolute Gasteiger partial charge is 0.237 e. The lowest BCUT2D eigenvalue weighted by molar-refractivity contribution is -0.123. The first-order valence-electron chi connectivity index (χ1n) is 7.05. The number of primary amides is 1. The second-order valence-corrected chi connectivity index (χ2v) is 6.10. The Bertz CT molecular complexity index is 702. The number of rotatable bonds is 6. The molecule has 0 saturated heterocycles. The molecule has 23 heavy (non-hydrogen) atoms. The van der Waals surface area contributed by atoms with Gasteiger partial charge in [-0.15, -0.1) is 0 Å². The summed E-state index contributed by atoms with van der Waals surface area (Å²) in [6.07, 6.45) is 0. The van der Waals surface area contributed by atoms with E-state index in [0.29, 0.717) is 17.3 Å². The van der Waals surface area contributed by atoms with E-state index in [2.05, 4.69) is 5.32 Å². The molecule has 0 unspecified atom stereocenters. The zero-order chi connectivity index (χ0) is 17.0. The summed E-state index contributed by atoms with van der Waals surface area (Å²) in [5.41, 5.74) is 5.46. The lowest BCUT2D eigenvalue weighted by Crippen LogP contribution is -2.50. The van der Waals surface area contributed by atoms with Crippen molar-refractivity contribution in [1.82, 2.24) is 5.32 Å². The van der Waals surface area contributed by atoms with E-state index in [-0.39, 0.29) is 5.75 Å². The number of carbonyl (C=O) groups excluding carboxylic acids is 1. The summed E-state index contributed by atoms with van der Waals surface area (Å²) >= 11 is 5.70. The van der Waals surface area contributed by atoms with E-state index in [1.54, 1.807) is 32.0 Å². The highest BCUT2D eigenvalue weighted by molar-refractivity contribution is 6.30. The second-order valence-electron chi connectivity index (χ2n) is 5.66. The molecule has 0 atom stereocenters. The Kier molecular flexibility index (Phi) is 5.23. The molecule has 4 nitrogen and oxygen atoms in total. The minimum Gasteiger partial charge on any atom is -0.454 e. The molecule has 0 bridgehead atoms. The van der Waals surface area contributed by atoms with Crippen molar-refractivity contribution in [3.63, 3.8) is 0 Å². The summed E-state index contributed by atoms with van der Waals surface area (Å²) in [7, 11) is 0. The lowest BCUT2D eigenvalue weighted by Gasteiger charge is -2.22. The Balaban J connectivity index is 2.01. The van der Waals surface area contributed by atoms with Gasteiger partial charge in [-0.25, -0.2) is 4.39 Å². The first-order chi connectivity index (χ1) is 10.8. The summed E-state index contributed by atoms with van der Waals surface area (Å²) in [6.45, 7) is 3.91. The van der Waals surface area contributed by atoms with Crippen LogP contribution in [0.5, 0.6) is 11.5 Å². The molecule has 1 amide bonds. The molecule has 2 aromatic rings. The number of benzene rings is 2. The number of hydrogen-bond acceptors (Lipinski definition) is 3. The number of nitrogens with two attached hydrogens (primary N) is 1. The summed E-state index contributed by atoms with van der Waals surface area (Å²) in [5, 5.41) is 3.38. The summed E-state index contributed by atoms with van der Waals surface area (Å²) in [5.74, 6) is -0.332. The Morgan fingerprint density at radius 2 is 1.91 bits per heavy atom. The number of carbonyl (C=O) groups is 1. The molecule has 122 valence electrons. The fourth-order valence-corrected chi connectivity index (χ4v) is 1.93. The van der Waals surface area contributed by atoms with Gasteiger partial charge < -0.3 is 10.5 Å². The average molecular weight is 337 g/mol. The second kappa shape index (κ2) is 6.98. The van der Waals surface area contributed by atoms with Crippen LogP contribution < -0.4 is 15.8 Å². The van der Waals surface area contributed by atoms with Crippen LogP contribution in [0.4, 0.5) is 4.39 Å². The summed E-state index contributed by atoms with van der Waals surface area (Å²) in [4.78, 5) is 11.3. The van der Waals surface area contributed by atoms with Crippen LogP contribution in [-0.2, 0) is 11.3 Å². The standard InChI is InChI=1S/C17H18ClFN2O2/c1-17(2,16(20)22)21-10-11-3-6-13(7-4-11)23-15-8-5-12(18)9-14(15)19/h3-9,21H,10H2,1-2H3,(H2,20,22). The third-order valence-electron chi connectivity index (χ3n) is 3.40. The van der Waals surface area contributed by atoms with Gasteiger partial charge in [-0.1, -0.05) is 23.7 Å². The maximum atomic E-state index is 13.7. The SMILES string of the molecule is CC(C)(NCc1ccc(Oc2ccc(Cl)cc2F)cc1)C(N)=O. The highest BCUT2D eigenvalue weighted by Crippen LogP contribution is 2.26. The minimum absolute atomic E-state index is 0.107. The van der Waals surface area contributed by atoms with Gasteiger partial charge >= 0.3 is 0 Å². The average Bonchev–Trinajstić information content (AvgIpc) is 2.49. The number of ether oxygens (including phenoxy) is 1. The quantitative estimate of drug-likeness (QED) is 0.846. The third-order valence-corrected chi connectivity index (χ3v) is 3.63. The fraction of sp³-hybridized carbons (Fsp3) is 0.235. The van der Waals surface area contributed by atoms with Gasteiger partial charge in [0.2, 0.25) is 5.91 Å². The molecule has 3 N–H and O–H groups in total. The predicted octanol–water partition coefficient (Wildman–Crippen LogP) is 3.62. The Labute approximate surface area is 139 Å². The molecule has 0 aliphatic carbocycles. The van der Waals surface area contributed by atoms with E-state index in [0.717, 1.165) is 5.56 Å². The molecule has 0 aliphatic heterocycles. The molecule has 2 aromatic carbocycles. The number of halogens is 2. The number of hydrogen-bond donors (Lipinski definition) is 2. The first kappa shape index (κ1) is 17.2. The normalized spacial score (nSPS) is 11.3. The molecule has 0 radical (unpaired) electrons. The monoisotopic (exact) mass is 336 g/mol. The molecular weight excluding hydrogens is 319 g/mol. The number of amides is 1. The van der Waals surface area contributed by atoms with Crippen molar-refractivity contribution >= 4 is 17.5 Å². The highest BCUT2D eigenvalue weighted by Gasteiger charge is 2.23. The van der Waals surface area contributed by atoms with Gasteiger partial charge in [0.1, 0.15) is 5.75 Å². The van der Waals surface area contributed by atoms with Gasteiger partial charge in [-0.2, -0.15) is 0 Å². The Morgan fingerprint density at radius 1 is 1.26 bits per heavy atom.